The average molecular weight is 123 g/mol. The van der Waals surface area contributed by atoms with E-state index in [1.807, 2.05) is 26.1 Å². The maximum Gasteiger partial charge on any atom is 0.0192 e. The summed E-state index contributed by atoms with van der Waals surface area (Å²) in [5.74, 6) is 0. The van der Waals surface area contributed by atoms with E-state index in [0.717, 1.165) is 0 Å². The lowest BCUT2D eigenvalue weighted by Gasteiger charge is -2.10. The summed E-state index contributed by atoms with van der Waals surface area (Å²) in [6.45, 7) is 11.2. The minimum atomic E-state index is -0.00576. The predicted molar refractivity (Wildman–Crippen MR) is 42.7 cm³/mol. The molecular weight excluding hydrogens is 110 g/mol. The van der Waals surface area contributed by atoms with Gasteiger partial charge < -0.3 is 0 Å². The van der Waals surface area contributed by atoms with Gasteiger partial charge in [0.25, 0.3) is 0 Å². The zero-order chi connectivity index (χ0) is 7.33. The van der Waals surface area contributed by atoms with Crippen molar-refractivity contribution < 1.29 is 0 Å². The van der Waals surface area contributed by atoms with Gasteiger partial charge >= 0.3 is 0 Å². The minimum absolute atomic E-state index is 0.00576. The molecule has 1 heteroatoms. The molecule has 0 radical (unpaired) electrons. The Morgan fingerprint density at radius 1 is 1.33 bits per heavy atom. The van der Waals surface area contributed by atoms with E-state index < -0.39 is 0 Å². The van der Waals surface area contributed by atoms with Crippen LogP contribution in [0.15, 0.2) is 30.4 Å². The van der Waals surface area contributed by atoms with Crippen LogP contribution in [0.4, 0.5) is 0 Å². The zero-order valence-corrected chi connectivity index (χ0v) is 6.09. The number of rotatable bonds is 3. The largest absolute Gasteiger partial charge is 0.269 e. The molecule has 0 amide bonds. The highest BCUT2D eigenvalue weighted by molar-refractivity contribution is 5.67. The van der Waals surface area contributed by atoms with E-state index in [4.69, 9.17) is 0 Å². The second kappa shape index (κ2) is 3.23. The summed E-state index contributed by atoms with van der Waals surface area (Å²) in [7, 11) is 0. The molecule has 0 aromatic rings. The van der Waals surface area contributed by atoms with E-state index in [-0.39, 0.29) is 5.41 Å². The molecule has 0 spiro atoms. The second-order valence-electron chi connectivity index (χ2n) is 2.49. The zero-order valence-electron chi connectivity index (χ0n) is 6.09. The molecule has 0 unspecified atom stereocenters. The molecule has 0 aliphatic carbocycles. The van der Waals surface area contributed by atoms with Crippen LogP contribution in [0, 0.1) is 5.41 Å². The number of hydrogen-bond acceptors (Lipinski definition) is 1. The van der Waals surface area contributed by atoms with Crippen molar-refractivity contribution in [3.63, 3.8) is 0 Å². The molecule has 0 rings (SSSR count). The van der Waals surface area contributed by atoms with Crippen molar-refractivity contribution in [1.29, 1.82) is 0 Å². The first-order chi connectivity index (χ1) is 4.12. The Balaban J connectivity index is 3.99. The van der Waals surface area contributed by atoms with Gasteiger partial charge in [0.2, 0.25) is 0 Å². The van der Waals surface area contributed by atoms with E-state index in [9.17, 15) is 0 Å². The third kappa shape index (κ3) is 3.71. The summed E-state index contributed by atoms with van der Waals surface area (Å²) in [6.07, 6.45) is 5.18. The van der Waals surface area contributed by atoms with Crippen molar-refractivity contribution in [3.8, 4) is 0 Å². The first-order valence-corrected chi connectivity index (χ1v) is 2.91. The van der Waals surface area contributed by atoms with Crippen LogP contribution in [-0.4, -0.2) is 6.21 Å². The van der Waals surface area contributed by atoms with Crippen LogP contribution in [-0.2, 0) is 0 Å². The van der Waals surface area contributed by atoms with E-state index in [1.165, 1.54) is 6.20 Å². The molecular formula is C8H13N. The lowest BCUT2D eigenvalue weighted by atomic mass is 9.96. The Kier molecular flexibility index (Phi) is 2.93. The van der Waals surface area contributed by atoms with Crippen LogP contribution < -0.4 is 0 Å². The van der Waals surface area contributed by atoms with E-state index in [1.54, 1.807) is 0 Å². The van der Waals surface area contributed by atoms with Gasteiger partial charge in [0.15, 0.2) is 0 Å². The Bertz CT molecular complexity index is 132. The quantitative estimate of drug-likeness (QED) is 0.403. The SMILES string of the molecule is C=CN=CC(C)(C)C=C. The number of allylic oxidation sites excluding steroid dienone is 1. The summed E-state index contributed by atoms with van der Waals surface area (Å²) in [4.78, 5) is 3.88. The molecule has 50 valence electrons. The summed E-state index contributed by atoms with van der Waals surface area (Å²) in [6, 6.07) is 0. The Morgan fingerprint density at radius 2 is 1.89 bits per heavy atom. The van der Waals surface area contributed by atoms with Gasteiger partial charge in [-0.2, -0.15) is 0 Å². The molecule has 0 heterocycles. The van der Waals surface area contributed by atoms with E-state index in [2.05, 4.69) is 18.2 Å². The second-order valence-corrected chi connectivity index (χ2v) is 2.49. The van der Waals surface area contributed by atoms with Crippen LogP contribution in [0.1, 0.15) is 13.8 Å². The lowest BCUT2D eigenvalue weighted by molar-refractivity contribution is 0.696. The molecule has 9 heavy (non-hydrogen) atoms. The van der Waals surface area contributed by atoms with Crippen molar-refractivity contribution >= 4 is 6.21 Å². The fourth-order valence-corrected chi connectivity index (χ4v) is 0.298. The topological polar surface area (TPSA) is 12.4 Å². The fourth-order valence-electron chi connectivity index (χ4n) is 0.298. The number of nitrogens with zero attached hydrogens (tertiary/aromatic N) is 1. The molecule has 0 saturated heterocycles. The highest BCUT2D eigenvalue weighted by Gasteiger charge is 2.06. The molecule has 0 N–H and O–H groups in total. The minimum Gasteiger partial charge on any atom is -0.269 e. The molecule has 0 aromatic heterocycles. The molecule has 0 atom stereocenters. The fraction of sp³-hybridized carbons (Fsp3) is 0.375. The Morgan fingerprint density at radius 3 is 2.22 bits per heavy atom. The van der Waals surface area contributed by atoms with Crippen molar-refractivity contribution in [2.75, 3.05) is 0 Å². The highest BCUT2D eigenvalue weighted by Crippen LogP contribution is 2.11. The standard InChI is InChI=1S/C8H13N/c1-5-8(3,4)7-9-6-2/h5-7H,1-2H2,3-4H3. The lowest BCUT2D eigenvalue weighted by Crippen LogP contribution is -2.07. The first kappa shape index (κ1) is 8.15. The number of hydrogen-bond donors (Lipinski definition) is 0. The third-order valence-corrected chi connectivity index (χ3v) is 1.04. The third-order valence-electron chi connectivity index (χ3n) is 1.04. The van der Waals surface area contributed by atoms with Gasteiger partial charge in [0, 0.05) is 17.8 Å². The maximum absolute atomic E-state index is 3.88. The molecule has 0 aromatic carbocycles. The normalized spacial score (nSPS) is 11.8. The monoisotopic (exact) mass is 123 g/mol. The van der Waals surface area contributed by atoms with Gasteiger partial charge in [-0.25, -0.2) is 0 Å². The molecule has 1 nitrogen and oxygen atoms in total. The highest BCUT2D eigenvalue weighted by atomic mass is 14.7. The first-order valence-electron chi connectivity index (χ1n) is 2.91. The average Bonchev–Trinajstić information content (AvgIpc) is 1.84. The van der Waals surface area contributed by atoms with Crippen LogP contribution in [0.5, 0.6) is 0 Å². The Hall–Kier alpha value is -0.850. The van der Waals surface area contributed by atoms with Crippen LogP contribution in [0.25, 0.3) is 0 Å². The molecule has 0 aliphatic heterocycles. The van der Waals surface area contributed by atoms with E-state index >= 15 is 0 Å². The van der Waals surface area contributed by atoms with Gasteiger partial charge in [-0.1, -0.05) is 26.5 Å². The molecule has 0 aliphatic rings. The van der Waals surface area contributed by atoms with Gasteiger partial charge in [0.1, 0.15) is 0 Å². The van der Waals surface area contributed by atoms with E-state index in [0.29, 0.717) is 0 Å². The smallest absolute Gasteiger partial charge is 0.0192 e. The summed E-state index contributed by atoms with van der Waals surface area (Å²) in [5.41, 5.74) is -0.00576. The van der Waals surface area contributed by atoms with Crippen molar-refractivity contribution in [3.05, 3.63) is 25.4 Å². The van der Waals surface area contributed by atoms with Gasteiger partial charge in [0.05, 0.1) is 0 Å². The van der Waals surface area contributed by atoms with Crippen molar-refractivity contribution in [2.24, 2.45) is 10.4 Å². The number of aliphatic imine (C=N–C) groups is 1. The molecule has 0 bridgehead atoms. The van der Waals surface area contributed by atoms with Gasteiger partial charge in [-0.15, -0.1) is 6.58 Å². The van der Waals surface area contributed by atoms with Crippen LogP contribution >= 0.6 is 0 Å². The predicted octanol–water partition coefficient (Wildman–Crippen LogP) is 2.41. The van der Waals surface area contributed by atoms with Crippen molar-refractivity contribution in [2.45, 2.75) is 13.8 Å². The maximum atomic E-state index is 3.88. The summed E-state index contributed by atoms with van der Waals surface area (Å²) < 4.78 is 0. The molecule has 0 fully saturated rings. The van der Waals surface area contributed by atoms with Crippen molar-refractivity contribution in [1.82, 2.24) is 0 Å². The Labute approximate surface area is 56.8 Å². The molecule has 0 saturated carbocycles. The van der Waals surface area contributed by atoms with Gasteiger partial charge in [-0.3, -0.25) is 4.99 Å². The van der Waals surface area contributed by atoms with Gasteiger partial charge in [-0.05, 0) is 0 Å². The summed E-state index contributed by atoms with van der Waals surface area (Å²) >= 11 is 0. The van der Waals surface area contributed by atoms with Crippen LogP contribution in [0.2, 0.25) is 0 Å². The van der Waals surface area contributed by atoms with Crippen LogP contribution in [0.3, 0.4) is 0 Å². The summed E-state index contributed by atoms with van der Waals surface area (Å²) in [5, 5.41) is 0.